The fourth-order valence-electron chi connectivity index (χ4n) is 1.11. The molecular formula is C11H16N2. The summed E-state index contributed by atoms with van der Waals surface area (Å²) in [5, 5.41) is 3.27. The zero-order valence-electron chi connectivity index (χ0n) is 7.96. The molecule has 0 aromatic heterocycles. The molecule has 70 valence electrons. The van der Waals surface area contributed by atoms with E-state index in [0.29, 0.717) is 0 Å². The summed E-state index contributed by atoms with van der Waals surface area (Å²) in [5.74, 6) is 0. The van der Waals surface area contributed by atoms with E-state index in [4.69, 9.17) is 5.73 Å². The van der Waals surface area contributed by atoms with Crippen molar-refractivity contribution < 1.29 is 0 Å². The van der Waals surface area contributed by atoms with E-state index in [1.54, 1.807) is 0 Å². The van der Waals surface area contributed by atoms with Crippen LogP contribution in [0, 0.1) is 0 Å². The van der Waals surface area contributed by atoms with Crippen molar-refractivity contribution >= 4 is 11.4 Å². The van der Waals surface area contributed by atoms with E-state index < -0.39 is 0 Å². The van der Waals surface area contributed by atoms with E-state index in [1.165, 1.54) is 0 Å². The monoisotopic (exact) mass is 176 g/mol. The van der Waals surface area contributed by atoms with Gasteiger partial charge in [0.2, 0.25) is 0 Å². The highest BCUT2D eigenvalue weighted by Crippen LogP contribution is 2.16. The van der Waals surface area contributed by atoms with E-state index in [0.717, 1.165) is 24.3 Å². The Kier molecular flexibility index (Phi) is 3.89. The topological polar surface area (TPSA) is 38.0 Å². The predicted octanol–water partition coefficient (Wildman–Crippen LogP) is 2.65. The van der Waals surface area contributed by atoms with Crippen LogP contribution in [0.5, 0.6) is 0 Å². The second-order valence-electron chi connectivity index (χ2n) is 2.87. The number of nitrogens with one attached hydrogen (secondary N) is 1. The highest BCUT2D eigenvalue weighted by atomic mass is 14.9. The van der Waals surface area contributed by atoms with Gasteiger partial charge in [-0.3, -0.25) is 0 Å². The first-order valence-electron chi connectivity index (χ1n) is 4.54. The van der Waals surface area contributed by atoms with Gasteiger partial charge >= 0.3 is 0 Å². The average Bonchev–Trinajstić information content (AvgIpc) is 2.15. The zero-order chi connectivity index (χ0) is 9.52. The fraction of sp³-hybridized carbons (Fsp3) is 0.273. The Hall–Kier alpha value is -1.44. The van der Waals surface area contributed by atoms with Crippen molar-refractivity contribution in [1.82, 2.24) is 0 Å². The Morgan fingerprint density at radius 2 is 2.15 bits per heavy atom. The summed E-state index contributed by atoms with van der Waals surface area (Å²) in [5.41, 5.74) is 7.58. The van der Waals surface area contributed by atoms with E-state index in [-0.39, 0.29) is 0 Å². The summed E-state index contributed by atoms with van der Waals surface area (Å²) in [4.78, 5) is 0. The van der Waals surface area contributed by atoms with Crippen molar-refractivity contribution in [3.8, 4) is 0 Å². The average molecular weight is 176 g/mol. The molecule has 13 heavy (non-hydrogen) atoms. The summed E-state index contributed by atoms with van der Waals surface area (Å²) in [6, 6.07) is 7.81. The Labute approximate surface area is 79.5 Å². The van der Waals surface area contributed by atoms with Crippen molar-refractivity contribution in [2.45, 2.75) is 13.3 Å². The van der Waals surface area contributed by atoms with Crippen LogP contribution in [0.1, 0.15) is 13.3 Å². The van der Waals surface area contributed by atoms with Crippen molar-refractivity contribution in [3.63, 3.8) is 0 Å². The number of rotatable bonds is 4. The summed E-state index contributed by atoms with van der Waals surface area (Å²) >= 11 is 0. The van der Waals surface area contributed by atoms with Crippen LogP contribution in [0.15, 0.2) is 36.4 Å². The molecule has 0 aliphatic rings. The van der Waals surface area contributed by atoms with Gasteiger partial charge in [-0.1, -0.05) is 24.3 Å². The SMILES string of the molecule is C/C=C/CCNc1ccccc1N. The highest BCUT2D eigenvalue weighted by Gasteiger charge is 1.93. The molecule has 3 N–H and O–H groups in total. The van der Waals surface area contributed by atoms with E-state index >= 15 is 0 Å². The molecule has 0 spiro atoms. The van der Waals surface area contributed by atoms with Gasteiger partial charge in [0.25, 0.3) is 0 Å². The van der Waals surface area contributed by atoms with Crippen LogP contribution < -0.4 is 11.1 Å². The van der Waals surface area contributed by atoms with Crippen LogP contribution in [0.4, 0.5) is 11.4 Å². The summed E-state index contributed by atoms with van der Waals surface area (Å²) in [6.07, 6.45) is 5.22. The molecule has 0 fully saturated rings. The number of allylic oxidation sites excluding steroid dienone is 1. The molecular weight excluding hydrogens is 160 g/mol. The number of anilines is 2. The Balaban J connectivity index is 2.41. The quantitative estimate of drug-likeness (QED) is 0.420. The lowest BCUT2D eigenvalue weighted by atomic mass is 10.2. The van der Waals surface area contributed by atoms with Crippen LogP contribution in [0.3, 0.4) is 0 Å². The Morgan fingerprint density at radius 3 is 2.85 bits per heavy atom. The summed E-state index contributed by atoms with van der Waals surface area (Å²) < 4.78 is 0. The van der Waals surface area contributed by atoms with Crippen molar-refractivity contribution in [2.24, 2.45) is 0 Å². The standard InChI is InChI=1S/C11H16N2/c1-2-3-6-9-13-11-8-5-4-7-10(11)12/h2-5,7-8,13H,6,9,12H2,1H3/b3-2+. The molecule has 1 rings (SSSR count). The minimum absolute atomic E-state index is 0.808. The summed E-state index contributed by atoms with van der Waals surface area (Å²) in [7, 11) is 0. The maximum absolute atomic E-state index is 5.75. The molecule has 0 amide bonds. The van der Waals surface area contributed by atoms with Gasteiger partial charge in [0.05, 0.1) is 11.4 Å². The number of nitrogens with two attached hydrogens (primary N) is 1. The second-order valence-corrected chi connectivity index (χ2v) is 2.87. The number of benzene rings is 1. The first kappa shape index (κ1) is 9.65. The Bertz CT molecular complexity index is 279. The molecule has 0 unspecified atom stereocenters. The van der Waals surface area contributed by atoms with Gasteiger partial charge < -0.3 is 11.1 Å². The van der Waals surface area contributed by atoms with Crippen LogP contribution in [-0.4, -0.2) is 6.54 Å². The molecule has 0 heterocycles. The normalized spacial score (nSPS) is 10.5. The predicted molar refractivity (Wildman–Crippen MR) is 58.8 cm³/mol. The summed E-state index contributed by atoms with van der Waals surface area (Å²) in [6.45, 7) is 2.95. The first-order valence-corrected chi connectivity index (χ1v) is 4.54. The number of hydrogen-bond donors (Lipinski definition) is 2. The lowest BCUT2D eigenvalue weighted by Gasteiger charge is -2.06. The largest absolute Gasteiger partial charge is 0.397 e. The van der Waals surface area contributed by atoms with Crippen molar-refractivity contribution in [3.05, 3.63) is 36.4 Å². The minimum Gasteiger partial charge on any atom is -0.397 e. The van der Waals surface area contributed by atoms with Gasteiger partial charge in [0.1, 0.15) is 0 Å². The zero-order valence-corrected chi connectivity index (χ0v) is 7.96. The molecule has 2 heteroatoms. The molecule has 1 aromatic rings. The van der Waals surface area contributed by atoms with Gasteiger partial charge in [-0.15, -0.1) is 0 Å². The van der Waals surface area contributed by atoms with Gasteiger partial charge in [-0.2, -0.15) is 0 Å². The number of nitrogen functional groups attached to an aromatic ring is 1. The molecule has 2 nitrogen and oxygen atoms in total. The van der Waals surface area contributed by atoms with Crippen LogP contribution in [0.2, 0.25) is 0 Å². The Morgan fingerprint density at radius 1 is 1.38 bits per heavy atom. The molecule has 0 bridgehead atoms. The van der Waals surface area contributed by atoms with Crippen LogP contribution >= 0.6 is 0 Å². The molecule has 0 aliphatic heterocycles. The van der Waals surface area contributed by atoms with E-state index in [9.17, 15) is 0 Å². The third-order valence-corrected chi connectivity index (χ3v) is 1.82. The molecule has 0 radical (unpaired) electrons. The second kappa shape index (κ2) is 5.25. The molecule has 0 saturated carbocycles. The third-order valence-electron chi connectivity index (χ3n) is 1.82. The van der Waals surface area contributed by atoms with Crippen LogP contribution in [-0.2, 0) is 0 Å². The van der Waals surface area contributed by atoms with Gasteiger partial charge in [-0.05, 0) is 25.5 Å². The minimum atomic E-state index is 0.808. The molecule has 0 saturated heterocycles. The number of hydrogen-bond acceptors (Lipinski definition) is 2. The van der Waals surface area contributed by atoms with E-state index in [2.05, 4.69) is 17.5 Å². The maximum atomic E-state index is 5.75. The smallest absolute Gasteiger partial charge is 0.0574 e. The van der Waals surface area contributed by atoms with Gasteiger partial charge in [-0.25, -0.2) is 0 Å². The third kappa shape index (κ3) is 3.20. The van der Waals surface area contributed by atoms with Crippen LogP contribution in [0.25, 0.3) is 0 Å². The molecule has 0 atom stereocenters. The van der Waals surface area contributed by atoms with Gasteiger partial charge in [0, 0.05) is 6.54 Å². The van der Waals surface area contributed by atoms with E-state index in [1.807, 2.05) is 31.2 Å². The number of para-hydroxylation sites is 2. The van der Waals surface area contributed by atoms with Gasteiger partial charge in [0.15, 0.2) is 0 Å². The maximum Gasteiger partial charge on any atom is 0.0574 e. The molecule has 1 aromatic carbocycles. The van der Waals surface area contributed by atoms with Crippen molar-refractivity contribution in [2.75, 3.05) is 17.6 Å². The molecule has 0 aliphatic carbocycles. The fourth-order valence-corrected chi connectivity index (χ4v) is 1.11. The van der Waals surface area contributed by atoms with Crippen molar-refractivity contribution in [1.29, 1.82) is 0 Å². The first-order chi connectivity index (χ1) is 6.34. The lowest BCUT2D eigenvalue weighted by molar-refractivity contribution is 1.07. The highest BCUT2D eigenvalue weighted by molar-refractivity contribution is 5.65. The lowest BCUT2D eigenvalue weighted by Crippen LogP contribution is -2.02.